The molecule has 9 heteroatoms. The number of carbonyl (C=O) groups excluding carboxylic acids is 3. The monoisotopic (exact) mass is 374 g/mol. The molecule has 0 spiro atoms. The molecule has 144 valence electrons. The molecule has 3 rings (SSSR count). The summed E-state index contributed by atoms with van der Waals surface area (Å²) in [6, 6.07) is 4.79. The molecule has 1 fully saturated rings. The van der Waals surface area contributed by atoms with Gasteiger partial charge in [-0.15, -0.1) is 0 Å². The van der Waals surface area contributed by atoms with Crippen LogP contribution in [0, 0.1) is 5.92 Å². The first-order valence-corrected chi connectivity index (χ1v) is 8.64. The van der Waals surface area contributed by atoms with Crippen molar-refractivity contribution < 1.29 is 24.2 Å². The number of benzene rings is 1. The molecule has 2 aromatic rings. The van der Waals surface area contributed by atoms with Crippen LogP contribution >= 0.6 is 0 Å². The number of fused-ring (bicyclic) bond motifs is 1. The lowest BCUT2D eigenvalue weighted by molar-refractivity contribution is -0.123. The molecule has 0 saturated carbocycles. The third-order valence-corrected chi connectivity index (χ3v) is 4.81. The zero-order valence-electron chi connectivity index (χ0n) is 14.9. The number of rotatable bonds is 5. The number of methoxy groups -OCH3 is 1. The topological polar surface area (TPSA) is 138 Å². The van der Waals surface area contributed by atoms with Crippen molar-refractivity contribution in [3.8, 4) is 5.75 Å². The number of nitrogens with one attached hydrogen (secondary N) is 2. The fraction of sp³-hybridized carbons (Fsp3) is 0.389. The van der Waals surface area contributed by atoms with E-state index in [0.717, 1.165) is 0 Å². The minimum Gasteiger partial charge on any atom is -0.507 e. The number of likely N-dealkylation sites (tertiary alicyclic amines) is 1. The SMILES string of the molecule is COC(=O)c1[nH]c2cccc(O)c2c1NC(=O)CN1CCC(C(N)=O)CC1. The van der Waals surface area contributed by atoms with Crippen molar-refractivity contribution in [3.63, 3.8) is 0 Å². The normalized spacial score (nSPS) is 15.6. The van der Waals surface area contributed by atoms with E-state index in [-0.39, 0.29) is 41.4 Å². The van der Waals surface area contributed by atoms with E-state index in [0.29, 0.717) is 36.8 Å². The molecular formula is C18H22N4O5. The predicted molar refractivity (Wildman–Crippen MR) is 98.3 cm³/mol. The van der Waals surface area contributed by atoms with Crippen LogP contribution in [-0.4, -0.2) is 59.5 Å². The van der Waals surface area contributed by atoms with Gasteiger partial charge in [0.25, 0.3) is 0 Å². The van der Waals surface area contributed by atoms with Gasteiger partial charge in [-0.25, -0.2) is 4.79 Å². The molecule has 2 amide bonds. The summed E-state index contributed by atoms with van der Waals surface area (Å²) in [5.74, 6) is -1.50. The lowest BCUT2D eigenvalue weighted by Crippen LogP contribution is -2.42. The average Bonchev–Trinajstić information content (AvgIpc) is 3.01. The lowest BCUT2D eigenvalue weighted by atomic mass is 9.96. The van der Waals surface area contributed by atoms with Crippen LogP contribution in [0.4, 0.5) is 5.69 Å². The Morgan fingerprint density at radius 2 is 2.04 bits per heavy atom. The molecule has 1 aromatic carbocycles. The largest absolute Gasteiger partial charge is 0.507 e. The maximum Gasteiger partial charge on any atom is 0.356 e. The first-order chi connectivity index (χ1) is 12.9. The number of amides is 2. The Labute approximate surface area is 155 Å². The number of H-pyrrole nitrogens is 1. The van der Waals surface area contributed by atoms with E-state index in [9.17, 15) is 19.5 Å². The lowest BCUT2D eigenvalue weighted by Gasteiger charge is -2.29. The van der Waals surface area contributed by atoms with Crippen LogP contribution in [0.5, 0.6) is 5.75 Å². The molecule has 1 aromatic heterocycles. The highest BCUT2D eigenvalue weighted by molar-refractivity contribution is 6.13. The summed E-state index contributed by atoms with van der Waals surface area (Å²) in [5, 5.41) is 13.2. The zero-order valence-corrected chi connectivity index (χ0v) is 14.9. The van der Waals surface area contributed by atoms with E-state index in [1.54, 1.807) is 12.1 Å². The molecule has 1 aliphatic rings. The second kappa shape index (κ2) is 7.67. The van der Waals surface area contributed by atoms with Crippen LogP contribution in [0.3, 0.4) is 0 Å². The number of ether oxygens (including phenoxy) is 1. The standard InChI is InChI=1S/C18H22N4O5/c1-27-18(26)16-15(14-11(20-16)3-2-4-12(14)23)21-13(24)9-22-7-5-10(6-8-22)17(19)25/h2-4,10,20,23H,5-9H2,1H3,(H2,19,25)(H,21,24). The van der Waals surface area contributed by atoms with Gasteiger partial charge in [0.2, 0.25) is 11.8 Å². The van der Waals surface area contributed by atoms with Crippen LogP contribution in [-0.2, 0) is 14.3 Å². The quantitative estimate of drug-likeness (QED) is 0.571. The molecule has 1 saturated heterocycles. The molecule has 2 heterocycles. The summed E-state index contributed by atoms with van der Waals surface area (Å²) in [7, 11) is 1.24. The first-order valence-electron chi connectivity index (χ1n) is 8.64. The van der Waals surface area contributed by atoms with Gasteiger partial charge in [0, 0.05) is 5.92 Å². The Morgan fingerprint density at radius 3 is 2.67 bits per heavy atom. The molecule has 1 aliphatic heterocycles. The molecule has 0 bridgehead atoms. The van der Waals surface area contributed by atoms with Gasteiger partial charge >= 0.3 is 5.97 Å². The fourth-order valence-electron chi connectivity index (χ4n) is 3.37. The number of phenols is 1. The second-order valence-corrected chi connectivity index (χ2v) is 6.57. The minimum atomic E-state index is -0.650. The van der Waals surface area contributed by atoms with Gasteiger partial charge < -0.3 is 25.9 Å². The number of aromatic hydroxyl groups is 1. The minimum absolute atomic E-state index is 0.0588. The first kappa shape index (κ1) is 18.7. The zero-order chi connectivity index (χ0) is 19.6. The van der Waals surface area contributed by atoms with Gasteiger partial charge in [0.05, 0.1) is 30.2 Å². The van der Waals surface area contributed by atoms with Crippen LogP contribution in [0.1, 0.15) is 23.3 Å². The molecular weight excluding hydrogens is 352 g/mol. The Bertz CT molecular complexity index is 883. The summed E-state index contributed by atoms with van der Waals surface area (Å²) in [4.78, 5) is 40.6. The molecule has 0 unspecified atom stereocenters. The van der Waals surface area contributed by atoms with Gasteiger partial charge in [-0.2, -0.15) is 0 Å². The maximum atomic E-state index is 12.5. The highest BCUT2D eigenvalue weighted by atomic mass is 16.5. The van der Waals surface area contributed by atoms with E-state index in [2.05, 4.69) is 10.3 Å². The summed E-state index contributed by atoms with van der Waals surface area (Å²) in [6.45, 7) is 1.28. The molecule has 5 N–H and O–H groups in total. The summed E-state index contributed by atoms with van der Waals surface area (Å²) in [6.07, 6.45) is 1.23. The van der Waals surface area contributed by atoms with Gasteiger partial charge in [-0.1, -0.05) is 6.07 Å². The Hall–Kier alpha value is -3.07. The molecule has 0 atom stereocenters. The number of phenolic OH excluding ortho intramolecular Hbond substituents is 1. The smallest absolute Gasteiger partial charge is 0.356 e. The van der Waals surface area contributed by atoms with E-state index >= 15 is 0 Å². The maximum absolute atomic E-state index is 12.5. The van der Waals surface area contributed by atoms with Crippen molar-refractivity contribution in [2.24, 2.45) is 11.7 Å². The van der Waals surface area contributed by atoms with Crippen LogP contribution in [0.15, 0.2) is 18.2 Å². The van der Waals surface area contributed by atoms with Gasteiger partial charge in [-0.3, -0.25) is 14.5 Å². The highest BCUT2D eigenvalue weighted by Crippen LogP contribution is 2.35. The number of aromatic amines is 1. The number of aromatic nitrogens is 1. The van der Waals surface area contributed by atoms with Crippen molar-refractivity contribution in [2.45, 2.75) is 12.8 Å². The van der Waals surface area contributed by atoms with E-state index in [1.807, 2.05) is 4.90 Å². The summed E-state index contributed by atoms with van der Waals surface area (Å²) in [5.41, 5.74) is 6.08. The van der Waals surface area contributed by atoms with E-state index in [4.69, 9.17) is 10.5 Å². The van der Waals surface area contributed by atoms with Crippen LogP contribution in [0.2, 0.25) is 0 Å². The molecule has 0 aliphatic carbocycles. The Morgan fingerprint density at radius 1 is 1.33 bits per heavy atom. The Kier molecular flexibility index (Phi) is 5.31. The summed E-state index contributed by atoms with van der Waals surface area (Å²) < 4.78 is 4.75. The third kappa shape index (κ3) is 3.87. The molecule has 27 heavy (non-hydrogen) atoms. The number of hydrogen-bond donors (Lipinski definition) is 4. The highest BCUT2D eigenvalue weighted by Gasteiger charge is 2.26. The van der Waals surface area contributed by atoms with Crippen molar-refractivity contribution in [3.05, 3.63) is 23.9 Å². The van der Waals surface area contributed by atoms with Gasteiger partial charge in [0.15, 0.2) is 0 Å². The number of primary amides is 1. The number of esters is 1. The van der Waals surface area contributed by atoms with Gasteiger partial charge in [0.1, 0.15) is 11.4 Å². The van der Waals surface area contributed by atoms with Crippen LogP contribution < -0.4 is 11.1 Å². The van der Waals surface area contributed by atoms with Crippen molar-refractivity contribution in [1.29, 1.82) is 0 Å². The number of nitrogens with zero attached hydrogens (tertiary/aromatic N) is 1. The third-order valence-electron chi connectivity index (χ3n) is 4.81. The average molecular weight is 374 g/mol. The Balaban J connectivity index is 1.77. The number of anilines is 1. The summed E-state index contributed by atoms with van der Waals surface area (Å²) >= 11 is 0. The fourth-order valence-corrected chi connectivity index (χ4v) is 3.37. The number of nitrogens with two attached hydrogens (primary N) is 1. The molecule has 9 nitrogen and oxygen atoms in total. The van der Waals surface area contributed by atoms with Gasteiger partial charge in [-0.05, 0) is 38.1 Å². The van der Waals surface area contributed by atoms with E-state index in [1.165, 1.54) is 13.2 Å². The molecule has 0 radical (unpaired) electrons. The van der Waals surface area contributed by atoms with Crippen molar-refractivity contribution in [1.82, 2.24) is 9.88 Å². The second-order valence-electron chi connectivity index (χ2n) is 6.57. The number of carbonyl (C=O) groups is 3. The number of hydrogen-bond acceptors (Lipinski definition) is 6. The van der Waals surface area contributed by atoms with Crippen LogP contribution in [0.25, 0.3) is 10.9 Å². The predicted octanol–water partition coefficient (Wildman–Crippen LogP) is 0.796. The van der Waals surface area contributed by atoms with Crippen molar-refractivity contribution >= 4 is 34.4 Å². The van der Waals surface area contributed by atoms with E-state index < -0.39 is 5.97 Å². The van der Waals surface area contributed by atoms with Crippen molar-refractivity contribution in [2.75, 3.05) is 32.1 Å². The number of piperidine rings is 1.